The van der Waals surface area contributed by atoms with E-state index in [0.717, 1.165) is 59.3 Å². The molecule has 2 aliphatic rings. The van der Waals surface area contributed by atoms with Gasteiger partial charge in [0.05, 0.1) is 38.8 Å². The van der Waals surface area contributed by atoms with Gasteiger partial charge in [0.15, 0.2) is 0 Å². The SMILES string of the molecule is COc1ccc(C)c2c1N(C(=O)COCCOCC(=O)N1CCCc3c(C)ccc(OC)c31)CCC2. The van der Waals surface area contributed by atoms with Gasteiger partial charge in [-0.15, -0.1) is 0 Å². The lowest BCUT2D eigenvalue weighted by Crippen LogP contribution is -2.39. The summed E-state index contributed by atoms with van der Waals surface area (Å²) in [5, 5.41) is 0. The van der Waals surface area contributed by atoms with E-state index in [-0.39, 0.29) is 38.2 Å². The van der Waals surface area contributed by atoms with Gasteiger partial charge in [0.1, 0.15) is 24.7 Å². The Labute approximate surface area is 213 Å². The molecule has 8 nitrogen and oxygen atoms in total. The molecule has 8 heteroatoms. The van der Waals surface area contributed by atoms with Crippen molar-refractivity contribution in [2.45, 2.75) is 39.5 Å². The van der Waals surface area contributed by atoms with Crippen molar-refractivity contribution < 1.29 is 28.5 Å². The van der Waals surface area contributed by atoms with Crippen LogP contribution in [0.25, 0.3) is 0 Å². The van der Waals surface area contributed by atoms with Gasteiger partial charge in [-0.2, -0.15) is 0 Å². The van der Waals surface area contributed by atoms with Gasteiger partial charge >= 0.3 is 0 Å². The Balaban J connectivity index is 1.26. The molecule has 0 aliphatic carbocycles. The summed E-state index contributed by atoms with van der Waals surface area (Å²) in [6.07, 6.45) is 3.67. The van der Waals surface area contributed by atoms with Gasteiger partial charge in [0, 0.05) is 13.1 Å². The molecule has 0 bridgehead atoms. The van der Waals surface area contributed by atoms with Crippen LogP contribution in [0.5, 0.6) is 11.5 Å². The number of carbonyl (C=O) groups is 2. The van der Waals surface area contributed by atoms with Crippen molar-refractivity contribution in [1.82, 2.24) is 0 Å². The van der Waals surface area contributed by atoms with E-state index in [1.807, 2.05) is 24.3 Å². The number of fused-ring (bicyclic) bond motifs is 2. The average Bonchev–Trinajstić information content (AvgIpc) is 2.90. The molecular formula is C28H36N2O6. The highest BCUT2D eigenvalue weighted by molar-refractivity contribution is 5.98. The quantitative estimate of drug-likeness (QED) is 0.494. The van der Waals surface area contributed by atoms with Crippen LogP contribution in [-0.4, -0.2) is 65.6 Å². The smallest absolute Gasteiger partial charge is 0.253 e. The number of nitrogens with zero attached hydrogens (tertiary/aromatic N) is 2. The third-order valence-electron chi connectivity index (χ3n) is 6.98. The number of hydrogen-bond donors (Lipinski definition) is 0. The number of methoxy groups -OCH3 is 2. The van der Waals surface area contributed by atoms with Gasteiger partial charge in [-0.05, 0) is 73.9 Å². The molecule has 4 rings (SSSR count). The minimum absolute atomic E-state index is 0.0518. The Morgan fingerprint density at radius 3 is 1.53 bits per heavy atom. The molecule has 0 saturated carbocycles. The second-order valence-corrected chi connectivity index (χ2v) is 9.23. The number of rotatable bonds is 9. The Morgan fingerprint density at radius 1 is 0.722 bits per heavy atom. The first-order valence-corrected chi connectivity index (χ1v) is 12.6. The average molecular weight is 497 g/mol. The zero-order chi connectivity index (χ0) is 25.7. The van der Waals surface area contributed by atoms with Gasteiger partial charge in [-0.3, -0.25) is 9.59 Å². The second kappa shape index (κ2) is 11.8. The lowest BCUT2D eigenvalue weighted by molar-refractivity contribution is -0.126. The molecule has 0 aromatic heterocycles. The molecule has 2 aromatic carbocycles. The molecular weight excluding hydrogens is 460 g/mol. The third kappa shape index (κ3) is 5.34. The number of anilines is 2. The summed E-state index contributed by atoms with van der Waals surface area (Å²) in [5.74, 6) is 1.19. The first kappa shape index (κ1) is 26.0. The molecule has 36 heavy (non-hydrogen) atoms. The van der Waals surface area contributed by atoms with E-state index in [1.165, 1.54) is 0 Å². The van der Waals surface area contributed by atoms with Crippen LogP contribution in [0.2, 0.25) is 0 Å². The summed E-state index contributed by atoms with van der Waals surface area (Å²) < 4.78 is 22.2. The van der Waals surface area contributed by atoms with Crippen molar-refractivity contribution in [2.75, 3.05) is 63.5 Å². The maximum atomic E-state index is 12.9. The van der Waals surface area contributed by atoms with E-state index in [0.29, 0.717) is 24.6 Å². The molecule has 0 unspecified atom stereocenters. The van der Waals surface area contributed by atoms with Crippen molar-refractivity contribution in [2.24, 2.45) is 0 Å². The van der Waals surface area contributed by atoms with Gasteiger partial charge < -0.3 is 28.7 Å². The molecule has 0 fully saturated rings. The van der Waals surface area contributed by atoms with Crippen LogP contribution in [0.3, 0.4) is 0 Å². The topological polar surface area (TPSA) is 77.5 Å². The monoisotopic (exact) mass is 496 g/mol. The molecule has 194 valence electrons. The van der Waals surface area contributed by atoms with Crippen molar-refractivity contribution in [1.29, 1.82) is 0 Å². The van der Waals surface area contributed by atoms with E-state index in [9.17, 15) is 9.59 Å². The minimum Gasteiger partial charge on any atom is -0.495 e. The molecule has 2 amide bonds. The van der Waals surface area contributed by atoms with Gasteiger partial charge in [-0.25, -0.2) is 0 Å². The van der Waals surface area contributed by atoms with Crippen LogP contribution in [-0.2, 0) is 31.9 Å². The van der Waals surface area contributed by atoms with Crippen molar-refractivity contribution in [3.63, 3.8) is 0 Å². The highest BCUT2D eigenvalue weighted by Crippen LogP contribution is 2.39. The Bertz CT molecular complexity index is 1030. The van der Waals surface area contributed by atoms with Crippen LogP contribution in [0.1, 0.15) is 35.1 Å². The summed E-state index contributed by atoms with van der Waals surface area (Å²) in [6, 6.07) is 7.87. The highest BCUT2D eigenvalue weighted by atomic mass is 16.5. The number of carbonyl (C=O) groups excluding carboxylic acids is 2. The van der Waals surface area contributed by atoms with E-state index in [4.69, 9.17) is 18.9 Å². The maximum Gasteiger partial charge on any atom is 0.253 e. The van der Waals surface area contributed by atoms with Crippen LogP contribution >= 0.6 is 0 Å². The zero-order valence-corrected chi connectivity index (χ0v) is 21.7. The zero-order valence-electron chi connectivity index (χ0n) is 21.7. The summed E-state index contributed by atoms with van der Waals surface area (Å²) in [5.41, 5.74) is 6.33. The Kier molecular flexibility index (Phi) is 8.48. The van der Waals surface area contributed by atoms with Crippen LogP contribution in [0.15, 0.2) is 24.3 Å². The number of amides is 2. The Morgan fingerprint density at radius 2 is 1.14 bits per heavy atom. The fourth-order valence-corrected chi connectivity index (χ4v) is 5.13. The number of benzene rings is 2. The summed E-state index contributed by atoms with van der Waals surface area (Å²) in [4.78, 5) is 29.4. The van der Waals surface area contributed by atoms with Gasteiger partial charge in [0.2, 0.25) is 0 Å². The van der Waals surface area contributed by atoms with Crippen molar-refractivity contribution in [3.8, 4) is 11.5 Å². The second-order valence-electron chi connectivity index (χ2n) is 9.23. The van der Waals surface area contributed by atoms with Crippen molar-refractivity contribution >= 4 is 23.2 Å². The summed E-state index contributed by atoms with van der Waals surface area (Å²) in [6.45, 7) is 5.74. The molecule has 0 atom stereocenters. The summed E-state index contributed by atoms with van der Waals surface area (Å²) >= 11 is 0. The standard InChI is InChI=1S/C28H36N2O6/c1-19-9-11-23(33-3)27-21(19)7-5-13-29(27)25(31)17-35-15-16-36-18-26(32)30-14-6-8-22-20(2)10-12-24(34-4)28(22)30/h9-12H,5-8,13-18H2,1-4H3. The maximum absolute atomic E-state index is 12.9. The predicted molar refractivity (Wildman–Crippen MR) is 138 cm³/mol. The molecule has 2 aromatic rings. The van der Waals surface area contributed by atoms with Gasteiger partial charge in [0.25, 0.3) is 11.8 Å². The van der Waals surface area contributed by atoms with E-state index >= 15 is 0 Å². The van der Waals surface area contributed by atoms with Crippen LogP contribution < -0.4 is 19.3 Å². The molecule has 2 aliphatic heterocycles. The Hall–Kier alpha value is -3.10. The normalized spacial score (nSPS) is 14.8. The first-order chi connectivity index (χ1) is 17.5. The molecule has 0 saturated heterocycles. The lowest BCUT2D eigenvalue weighted by atomic mass is 9.96. The number of hydrogen-bond acceptors (Lipinski definition) is 6. The number of ether oxygens (including phenoxy) is 4. The molecule has 2 heterocycles. The fourth-order valence-electron chi connectivity index (χ4n) is 5.13. The van der Waals surface area contributed by atoms with E-state index in [1.54, 1.807) is 24.0 Å². The summed E-state index contributed by atoms with van der Waals surface area (Å²) in [7, 11) is 3.24. The predicted octanol–water partition coefficient (Wildman–Crippen LogP) is 3.61. The largest absolute Gasteiger partial charge is 0.495 e. The van der Waals surface area contributed by atoms with Gasteiger partial charge in [-0.1, -0.05) is 12.1 Å². The first-order valence-electron chi connectivity index (χ1n) is 12.6. The van der Waals surface area contributed by atoms with Crippen molar-refractivity contribution in [3.05, 3.63) is 46.5 Å². The minimum atomic E-state index is -0.108. The molecule has 0 spiro atoms. The fraction of sp³-hybridized carbons (Fsp3) is 0.500. The van der Waals surface area contributed by atoms with E-state index in [2.05, 4.69) is 13.8 Å². The molecule has 0 radical (unpaired) electrons. The lowest BCUT2D eigenvalue weighted by Gasteiger charge is -2.32. The van der Waals surface area contributed by atoms with Crippen LogP contribution in [0.4, 0.5) is 11.4 Å². The third-order valence-corrected chi connectivity index (χ3v) is 6.98. The van der Waals surface area contributed by atoms with Crippen LogP contribution in [0, 0.1) is 13.8 Å². The molecule has 0 N–H and O–H groups in total. The van der Waals surface area contributed by atoms with E-state index < -0.39 is 0 Å². The number of aryl methyl sites for hydroxylation is 2. The highest BCUT2D eigenvalue weighted by Gasteiger charge is 2.28.